The van der Waals surface area contributed by atoms with Crippen LogP contribution in [0.25, 0.3) is 10.4 Å². The molecule has 1 rings (SSSR count). The number of hydrogen-bond donors (Lipinski definition) is 0. The van der Waals surface area contributed by atoms with Crippen molar-refractivity contribution in [3.05, 3.63) is 40.3 Å². The van der Waals surface area contributed by atoms with Crippen LogP contribution in [0.1, 0.15) is 10.4 Å². The molecule has 0 aromatic heterocycles. The number of rotatable bonds is 5. The van der Waals surface area contributed by atoms with Gasteiger partial charge < -0.3 is 9.47 Å². The maximum Gasteiger partial charge on any atom is 0.338 e. The number of carbonyl (C=O) groups is 1. The van der Waals surface area contributed by atoms with Gasteiger partial charge in [-0.15, -0.1) is 0 Å². The van der Waals surface area contributed by atoms with Crippen molar-refractivity contribution >= 4 is 11.7 Å². The summed E-state index contributed by atoms with van der Waals surface area (Å²) in [5.41, 5.74) is 9.06. The molecule has 0 atom stereocenters. The van der Waals surface area contributed by atoms with Crippen LogP contribution in [0.3, 0.4) is 0 Å². The van der Waals surface area contributed by atoms with Gasteiger partial charge in [-0.05, 0) is 17.7 Å². The summed E-state index contributed by atoms with van der Waals surface area (Å²) in [6.45, 7) is 0.579. The van der Waals surface area contributed by atoms with Crippen LogP contribution in [0, 0.1) is 0 Å². The van der Waals surface area contributed by atoms with Gasteiger partial charge in [-0.25, -0.2) is 4.79 Å². The Kier molecular flexibility index (Phi) is 4.85. The van der Waals surface area contributed by atoms with Crippen molar-refractivity contribution in [2.75, 3.05) is 20.3 Å². The Bertz CT molecular complexity index is 396. The lowest BCUT2D eigenvalue weighted by atomic mass is 10.2. The lowest BCUT2D eigenvalue weighted by Crippen LogP contribution is -2.09. The monoisotopic (exact) mass is 221 g/mol. The van der Waals surface area contributed by atoms with E-state index >= 15 is 0 Å². The molecule has 0 unspecified atom stereocenters. The van der Waals surface area contributed by atoms with Crippen LogP contribution in [0.5, 0.6) is 0 Å². The molecular formula is C10H11N3O3. The second-order valence-corrected chi connectivity index (χ2v) is 2.87. The summed E-state index contributed by atoms with van der Waals surface area (Å²) in [5, 5.41) is 3.39. The molecule has 6 heteroatoms. The Balaban J connectivity index is 2.59. The maximum absolute atomic E-state index is 11.4. The third-order valence-corrected chi connectivity index (χ3v) is 1.78. The van der Waals surface area contributed by atoms with Crippen LogP contribution >= 0.6 is 0 Å². The van der Waals surface area contributed by atoms with E-state index in [2.05, 4.69) is 10.0 Å². The number of benzene rings is 1. The quantitative estimate of drug-likeness (QED) is 0.251. The zero-order valence-corrected chi connectivity index (χ0v) is 8.79. The molecule has 0 aliphatic heterocycles. The van der Waals surface area contributed by atoms with Crippen molar-refractivity contribution in [3.63, 3.8) is 0 Å². The average molecular weight is 221 g/mol. The SMILES string of the molecule is COCCOC(=O)c1ccc(N=[N+]=[N-])cc1. The number of nitrogens with zero attached hydrogens (tertiary/aromatic N) is 3. The van der Waals surface area contributed by atoms with Gasteiger partial charge in [0.1, 0.15) is 6.61 Å². The fourth-order valence-corrected chi connectivity index (χ4v) is 1.02. The number of ether oxygens (including phenoxy) is 2. The van der Waals surface area contributed by atoms with Gasteiger partial charge in [-0.1, -0.05) is 17.2 Å². The summed E-state index contributed by atoms with van der Waals surface area (Å²) in [7, 11) is 1.53. The second kappa shape index (κ2) is 6.44. The van der Waals surface area contributed by atoms with Crippen LogP contribution in [-0.4, -0.2) is 26.3 Å². The minimum Gasteiger partial charge on any atom is -0.460 e. The minimum atomic E-state index is -0.426. The summed E-state index contributed by atoms with van der Waals surface area (Å²) >= 11 is 0. The van der Waals surface area contributed by atoms with Crippen LogP contribution < -0.4 is 0 Å². The van der Waals surface area contributed by atoms with E-state index in [0.29, 0.717) is 17.9 Å². The fourth-order valence-electron chi connectivity index (χ4n) is 1.02. The highest BCUT2D eigenvalue weighted by atomic mass is 16.6. The molecule has 84 valence electrons. The first-order valence-corrected chi connectivity index (χ1v) is 4.59. The number of esters is 1. The van der Waals surface area contributed by atoms with Gasteiger partial charge in [-0.2, -0.15) is 0 Å². The third kappa shape index (κ3) is 3.61. The molecule has 0 heterocycles. The van der Waals surface area contributed by atoms with Gasteiger partial charge in [0.05, 0.1) is 12.2 Å². The zero-order valence-electron chi connectivity index (χ0n) is 8.79. The predicted molar refractivity (Wildman–Crippen MR) is 57.4 cm³/mol. The number of carbonyl (C=O) groups excluding carboxylic acids is 1. The van der Waals surface area contributed by atoms with Crippen molar-refractivity contribution in [1.82, 2.24) is 0 Å². The third-order valence-electron chi connectivity index (χ3n) is 1.78. The summed E-state index contributed by atoms with van der Waals surface area (Å²) in [5.74, 6) is -0.426. The first-order valence-electron chi connectivity index (χ1n) is 4.59. The number of methoxy groups -OCH3 is 1. The van der Waals surface area contributed by atoms with Gasteiger partial charge >= 0.3 is 5.97 Å². The molecule has 1 aromatic carbocycles. The highest BCUT2D eigenvalue weighted by Gasteiger charge is 2.05. The first kappa shape index (κ1) is 12.0. The molecular weight excluding hydrogens is 210 g/mol. The lowest BCUT2D eigenvalue weighted by Gasteiger charge is -2.03. The Morgan fingerprint density at radius 3 is 2.62 bits per heavy atom. The van der Waals surface area contributed by atoms with E-state index in [1.165, 1.54) is 7.11 Å². The summed E-state index contributed by atoms with van der Waals surface area (Å²) in [6.07, 6.45) is 0. The van der Waals surface area contributed by atoms with Crippen molar-refractivity contribution < 1.29 is 14.3 Å². The van der Waals surface area contributed by atoms with Gasteiger partial charge in [0, 0.05) is 17.7 Å². The Labute approximate surface area is 92.4 Å². The fraction of sp³-hybridized carbons (Fsp3) is 0.300. The Morgan fingerprint density at radius 1 is 1.38 bits per heavy atom. The summed E-state index contributed by atoms with van der Waals surface area (Å²) in [4.78, 5) is 14.0. The van der Waals surface area contributed by atoms with E-state index in [1.807, 2.05) is 0 Å². The van der Waals surface area contributed by atoms with Crippen LogP contribution in [0.15, 0.2) is 29.4 Å². The molecule has 0 amide bonds. The maximum atomic E-state index is 11.4. The minimum absolute atomic E-state index is 0.216. The molecule has 0 aliphatic carbocycles. The van der Waals surface area contributed by atoms with E-state index in [1.54, 1.807) is 24.3 Å². The van der Waals surface area contributed by atoms with E-state index in [0.717, 1.165) is 0 Å². The van der Waals surface area contributed by atoms with Crippen LogP contribution in [-0.2, 0) is 9.47 Å². The zero-order chi connectivity index (χ0) is 11.8. The van der Waals surface area contributed by atoms with E-state index < -0.39 is 5.97 Å². The van der Waals surface area contributed by atoms with Gasteiger partial charge in [0.25, 0.3) is 0 Å². The smallest absolute Gasteiger partial charge is 0.338 e. The highest BCUT2D eigenvalue weighted by molar-refractivity contribution is 5.89. The largest absolute Gasteiger partial charge is 0.460 e. The molecule has 0 saturated carbocycles. The Morgan fingerprint density at radius 2 is 2.06 bits per heavy atom. The van der Waals surface area contributed by atoms with Crippen LogP contribution in [0.2, 0.25) is 0 Å². The first-order chi connectivity index (χ1) is 7.77. The van der Waals surface area contributed by atoms with Crippen molar-refractivity contribution in [2.45, 2.75) is 0 Å². The Hall–Kier alpha value is -2.04. The van der Waals surface area contributed by atoms with E-state index in [9.17, 15) is 4.79 Å². The molecule has 0 N–H and O–H groups in total. The van der Waals surface area contributed by atoms with Gasteiger partial charge in [0.15, 0.2) is 0 Å². The molecule has 0 aliphatic rings. The molecule has 1 aromatic rings. The number of hydrogen-bond acceptors (Lipinski definition) is 4. The predicted octanol–water partition coefficient (Wildman–Crippen LogP) is 2.43. The summed E-state index contributed by atoms with van der Waals surface area (Å²) < 4.78 is 9.65. The molecule has 0 radical (unpaired) electrons. The highest BCUT2D eigenvalue weighted by Crippen LogP contribution is 2.13. The normalized spacial score (nSPS) is 9.31. The van der Waals surface area contributed by atoms with Gasteiger partial charge in [-0.3, -0.25) is 0 Å². The molecule has 0 spiro atoms. The van der Waals surface area contributed by atoms with Crippen molar-refractivity contribution in [3.8, 4) is 0 Å². The van der Waals surface area contributed by atoms with E-state index in [4.69, 9.17) is 15.0 Å². The molecule has 0 fully saturated rings. The van der Waals surface area contributed by atoms with E-state index in [-0.39, 0.29) is 6.61 Å². The van der Waals surface area contributed by atoms with Crippen molar-refractivity contribution in [2.24, 2.45) is 5.11 Å². The average Bonchev–Trinajstić information content (AvgIpc) is 2.30. The van der Waals surface area contributed by atoms with Gasteiger partial charge in [0.2, 0.25) is 0 Å². The molecule has 0 bridgehead atoms. The molecule has 6 nitrogen and oxygen atoms in total. The topological polar surface area (TPSA) is 84.3 Å². The standard InChI is InChI=1S/C10H11N3O3/c1-15-6-7-16-10(14)8-2-4-9(5-3-8)12-13-11/h2-5H,6-7H2,1H3. The van der Waals surface area contributed by atoms with Crippen molar-refractivity contribution in [1.29, 1.82) is 0 Å². The molecule has 0 saturated heterocycles. The summed E-state index contributed by atoms with van der Waals surface area (Å²) in [6, 6.07) is 6.18. The van der Waals surface area contributed by atoms with Crippen LogP contribution in [0.4, 0.5) is 5.69 Å². The lowest BCUT2D eigenvalue weighted by molar-refractivity contribution is 0.0388. The second-order valence-electron chi connectivity index (χ2n) is 2.87. The molecule has 16 heavy (non-hydrogen) atoms. The number of azide groups is 1.